The second kappa shape index (κ2) is 7.25. The molecule has 1 aliphatic rings. The zero-order valence-electron chi connectivity index (χ0n) is 13.4. The number of benzene rings is 1. The van der Waals surface area contributed by atoms with Crippen molar-refractivity contribution in [2.75, 3.05) is 11.4 Å². The first-order valence-corrected chi connectivity index (χ1v) is 7.69. The van der Waals surface area contributed by atoms with Crippen molar-refractivity contribution in [2.45, 2.75) is 19.1 Å². The number of nitrogens with two attached hydrogens (primary N) is 1. The van der Waals surface area contributed by atoms with Gasteiger partial charge in [0, 0.05) is 5.56 Å². The minimum absolute atomic E-state index is 0.0708. The van der Waals surface area contributed by atoms with Gasteiger partial charge in [0.2, 0.25) is 0 Å². The summed E-state index contributed by atoms with van der Waals surface area (Å²) in [6.07, 6.45) is -0.867. The first-order valence-electron chi connectivity index (χ1n) is 7.31. The lowest BCUT2D eigenvalue weighted by Gasteiger charge is -2.35. The number of fused-ring (bicyclic) bond motifs is 1. The third kappa shape index (κ3) is 4.00. The summed E-state index contributed by atoms with van der Waals surface area (Å²) in [5.74, 6) is -1.78. The predicted molar refractivity (Wildman–Crippen MR) is 91.4 cm³/mol. The van der Waals surface area contributed by atoms with E-state index in [-0.39, 0.29) is 28.7 Å². The van der Waals surface area contributed by atoms with Crippen LogP contribution in [0.4, 0.5) is 14.5 Å². The summed E-state index contributed by atoms with van der Waals surface area (Å²) >= 11 is 5.64. The normalized spacial score (nSPS) is 18.4. The van der Waals surface area contributed by atoms with Crippen LogP contribution >= 0.6 is 11.6 Å². The third-order valence-electron chi connectivity index (χ3n) is 3.49. The Morgan fingerprint density at radius 1 is 1.56 bits per heavy atom. The molecule has 0 bridgehead atoms. The highest BCUT2D eigenvalue weighted by Gasteiger charge is 2.51. The Bertz CT molecular complexity index is 756. The van der Waals surface area contributed by atoms with Crippen LogP contribution in [0.2, 0.25) is 0 Å². The van der Waals surface area contributed by atoms with E-state index in [2.05, 4.69) is 11.3 Å². The molecule has 0 unspecified atom stereocenters. The van der Waals surface area contributed by atoms with E-state index in [0.29, 0.717) is 5.57 Å². The monoisotopic (exact) mass is 370 g/mol. The molecule has 0 spiro atoms. The number of para-hydroxylation sites is 1. The number of nitrogens with zero attached hydrogens (tertiary/aromatic N) is 1. The zero-order chi connectivity index (χ0) is 18.8. The molecule has 0 radical (unpaired) electrons. The Labute approximate surface area is 148 Å². The number of anilines is 1. The van der Waals surface area contributed by atoms with Gasteiger partial charge in [-0.25, -0.2) is 0 Å². The van der Waals surface area contributed by atoms with Gasteiger partial charge < -0.3 is 15.6 Å². The number of hydrogen-bond acceptors (Lipinski definition) is 4. The lowest BCUT2D eigenvalue weighted by atomic mass is 10.1. The zero-order valence-corrected chi connectivity index (χ0v) is 14.1. The fourth-order valence-electron chi connectivity index (χ4n) is 2.45. The fraction of sp³-hybridized carbons (Fsp3) is 0.235. The van der Waals surface area contributed by atoms with Gasteiger partial charge in [-0.3, -0.25) is 9.69 Å². The van der Waals surface area contributed by atoms with Crippen molar-refractivity contribution in [1.29, 1.82) is 0 Å². The van der Waals surface area contributed by atoms with Gasteiger partial charge in [-0.1, -0.05) is 42.5 Å². The summed E-state index contributed by atoms with van der Waals surface area (Å²) in [6, 6.07) is 4.44. The number of alkyl halides is 2. The van der Waals surface area contributed by atoms with Crippen LogP contribution in [0, 0.1) is 0 Å². The molecule has 8 heteroatoms. The van der Waals surface area contributed by atoms with Gasteiger partial charge in [-0.05, 0) is 24.6 Å². The average Bonchev–Trinajstić information content (AvgIpc) is 2.50. The number of aliphatic hydroxyl groups excluding tert-OH is 1. The Morgan fingerprint density at radius 3 is 2.80 bits per heavy atom. The average molecular weight is 371 g/mol. The molecule has 134 valence electrons. The molecule has 25 heavy (non-hydrogen) atoms. The smallest absolute Gasteiger partial charge is 0.423 e. The van der Waals surface area contributed by atoms with Crippen LogP contribution in [0.1, 0.15) is 18.6 Å². The molecule has 0 fully saturated rings. The minimum Gasteiger partial charge on any atom is -0.423 e. The molecule has 0 aliphatic carbocycles. The highest BCUT2D eigenvalue weighted by atomic mass is 35.5. The molecule has 2 rings (SSSR count). The maximum Gasteiger partial charge on any atom is 0.483 e. The highest BCUT2D eigenvalue weighted by Crippen LogP contribution is 2.43. The third-order valence-corrected chi connectivity index (χ3v) is 3.59. The standard InChI is InChI=1S/C17H17ClF2N2O3/c1-3-5-11(8-14(18)21)9-22-13-7-4-6-12(10(2)23)15(13)25-17(19,20)16(22)24/h3-8,10,23H,1,9,21H2,2H3/b11-5+,14-8-/t10-/m1/s1. The van der Waals surface area contributed by atoms with E-state index in [9.17, 15) is 18.7 Å². The summed E-state index contributed by atoms with van der Waals surface area (Å²) < 4.78 is 32.7. The quantitative estimate of drug-likeness (QED) is 0.616. The molecule has 1 aromatic carbocycles. The van der Waals surface area contributed by atoms with Crippen molar-refractivity contribution >= 4 is 23.2 Å². The number of ether oxygens (including phenoxy) is 1. The number of aliphatic hydroxyl groups is 1. The van der Waals surface area contributed by atoms with Gasteiger partial charge in [0.1, 0.15) is 0 Å². The summed E-state index contributed by atoms with van der Waals surface area (Å²) in [4.78, 5) is 13.0. The lowest BCUT2D eigenvalue weighted by Crippen LogP contribution is -2.51. The van der Waals surface area contributed by atoms with Crippen LogP contribution in [0.5, 0.6) is 5.75 Å². The van der Waals surface area contributed by atoms with Gasteiger partial charge in [0.25, 0.3) is 0 Å². The number of allylic oxidation sites excluding steroid dienone is 2. The van der Waals surface area contributed by atoms with Crippen molar-refractivity contribution in [2.24, 2.45) is 5.73 Å². The minimum atomic E-state index is -4.06. The molecular weight excluding hydrogens is 354 g/mol. The lowest BCUT2D eigenvalue weighted by molar-refractivity contribution is -0.193. The molecule has 0 aromatic heterocycles. The molecule has 0 saturated heterocycles. The van der Waals surface area contributed by atoms with Gasteiger partial charge in [-0.15, -0.1) is 0 Å². The number of amides is 1. The second-order valence-corrected chi connectivity index (χ2v) is 5.82. The van der Waals surface area contributed by atoms with Crippen LogP contribution < -0.4 is 15.4 Å². The van der Waals surface area contributed by atoms with Crippen molar-refractivity contribution in [3.05, 3.63) is 59.3 Å². The van der Waals surface area contributed by atoms with E-state index >= 15 is 0 Å². The first kappa shape index (κ1) is 19.0. The van der Waals surface area contributed by atoms with Crippen molar-refractivity contribution < 1.29 is 23.4 Å². The molecule has 1 amide bonds. The number of carbonyl (C=O) groups excluding carboxylic acids is 1. The van der Waals surface area contributed by atoms with Crippen LogP contribution in [0.15, 0.2) is 53.7 Å². The van der Waals surface area contributed by atoms with Gasteiger partial charge in [0.05, 0.1) is 23.5 Å². The van der Waals surface area contributed by atoms with Crippen LogP contribution in [0.3, 0.4) is 0 Å². The van der Waals surface area contributed by atoms with E-state index in [4.69, 9.17) is 17.3 Å². The van der Waals surface area contributed by atoms with Crippen LogP contribution in [-0.2, 0) is 4.79 Å². The predicted octanol–water partition coefficient (Wildman–Crippen LogP) is 3.21. The number of carbonyl (C=O) groups is 1. The van der Waals surface area contributed by atoms with Gasteiger partial charge in [0.15, 0.2) is 5.75 Å². The summed E-state index contributed by atoms with van der Waals surface area (Å²) in [6.45, 7) is 4.72. The molecule has 3 N–H and O–H groups in total. The SMILES string of the molecule is C=C/C=C(\C=C(/N)Cl)CN1C(=O)C(F)(F)Oc2c([C@@H](C)O)cccc21. The number of halogens is 3. The first-order chi connectivity index (χ1) is 11.7. The Hall–Kier alpha value is -2.38. The summed E-state index contributed by atoms with van der Waals surface area (Å²) in [7, 11) is 0. The Morgan fingerprint density at radius 2 is 2.24 bits per heavy atom. The van der Waals surface area contributed by atoms with Gasteiger partial charge in [-0.2, -0.15) is 8.78 Å². The van der Waals surface area contributed by atoms with E-state index in [1.165, 1.54) is 43.4 Å². The summed E-state index contributed by atoms with van der Waals surface area (Å²) in [5.41, 5.74) is 6.07. The van der Waals surface area contributed by atoms with E-state index in [0.717, 1.165) is 4.90 Å². The number of rotatable bonds is 5. The van der Waals surface area contributed by atoms with Crippen molar-refractivity contribution in [1.82, 2.24) is 0 Å². The van der Waals surface area contributed by atoms with E-state index in [1.807, 2.05) is 0 Å². The maximum atomic E-state index is 14.1. The van der Waals surface area contributed by atoms with Crippen LogP contribution in [-0.4, -0.2) is 23.7 Å². The molecule has 1 heterocycles. The Balaban J connectivity index is 2.56. The fourth-order valence-corrected chi connectivity index (χ4v) is 2.59. The van der Waals surface area contributed by atoms with Crippen LogP contribution in [0.25, 0.3) is 0 Å². The van der Waals surface area contributed by atoms with E-state index in [1.54, 1.807) is 0 Å². The maximum absolute atomic E-state index is 14.1. The Kier molecular flexibility index (Phi) is 5.49. The summed E-state index contributed by atoms with van der Waals surface area (Å²) in [5, 5.41) is 9.72. The van der Waals surface area contributed by atoms with Crippen molar-refractivity contribution in [3.63, 3.8) is 0 Å². The highest BCUT2D eigenvalue weighted by molar-refractivity contribution is 6.29. The molecule has 1 aromatic rings. The molecule has 1 aliphatic heterocycles. The topological polar surface area (TPSA) is 75.8 Å². The van der Waals surface area contributed by atoms with Gasteiger partial charge >= 0.3 is 12.0 Å². The number of hydrogen-bond donors (Lipinski definition) is 2. The largest absolute Gasteiger partial charge is 0.483 e. The molecule has 0 saturated carbocycles. The van der Waals surface area contributed by atoms with E-state index < -0.39 is 18.1 Å². The molecular formula is C17H17ClF2N2O3. The molecule has 1 atom stereocenters. The second-order valence-electron chi connectivity index (χ2n) is 5.39. The molecule has 5 nitrogen and oxygen atoms in total. The van der Waals surface area contributed by atoms with Crippen molar-refractivity contribution in [3.8, 4) is 5.75 Å².